The van der Waals surface area contributed by atoms with Crippen molar-refractivity contribution in [3.63, 3.8) is 0 Å². The minimum atomic E-state index is 0.335. The largest absolute Gasteiger partial charge is 0.396 e. The molecule has 2 rings (SSSR count). The van der Waals surface area contributed by atoms with Crippen LogP contribution in [0.5, 0.6) is 0 Å². The van der Waals surface area contributed by atoms with Gasteiger partial charge in [-0.1, -0.05) is 25.7 Å². The van der Waals surface area contributed by atoms with E-state index in [2.05, 4.69) is 16.8 Å². The fourth-order valence-electron chi connectivity index (χ4n) is 3.50. The van der Waals surface area contributed by atoms with E-state index in [-0.39, 0.29) is 0 Å². The Kier molecular flexibility index (Phi) is 5.26. The van der Waals surface area contributed by atoms with E-state index in [9.17, 15) is 5.11 Å². The molecule has 2 fully saturated rings. The Morgan fingerprint density at radius 2 is 1.76 bits per heavy atom. The smallest absolute Gasteiger partial charge is 0.0446 e. The molecule has 0 amide bonds. The number of aliphatic hydroxyl groups is 1. The lowest BCUT2D eigenvalue weighted by Crippen LogP contribution is -2.55. The predicted octanol–water partition coefficient (Wildman–Crippen LogP) is 1.71. The molecule has 1 unspecified atom stereocenters. The first kappa shape index (κ1) is 13.3. The monoisotopic (exact) mass is 240 g/mol. The van der Waals surface area contributed by atoms with Gasteiger partial charge < -0.3 is 10.0 Å². The lowest BCUT2D eigenvalue weighted by atomic mass is 10.0. The molecule has 0 radical (unpaired) electrons. The highest BCUT2D eigenvalue weighted by atomic mass is 16.3. The third-order valence-corrected chi connectivity index (χ3v) is 4.49. The van der Waals surface area contributed by atoms with Gasteiger partial charge in [0.1, 0.15) is 0 Å². The van der Waals surface area contributed by atoms with E-state index in [4.69, 9.17) is 0 Å². The third-order valence-electron chi connectivity index (χ3n) is 4.49. The summed E-state index contributed by atoms with van der Waals surface area (Å²) in [5, 5.41) is 9.23. The Morgan fingerprint density at radius 3 is 2.41 bits per heavy atom. The Balaban J connectivity index is 1.95. The molecule has 1 saturated carbocycles. The number of hydrogen-bond donors (Lipinski definition) is 1. The quantitative estimate of drug-likeness (QED) is 0.761. The Morgan fingerprint density at radius 1 is 1.06 bits per heavy atom. The van der Waals surface area contributed by atoms with Crippen LogP contribution >= 0.6 is 0 Å². The van der Waals surface area contributed by atoms with E-state index < -0.39 is 0 Å². The van der Waals surface area contributed by atoms with Crippen LogP contribution in [0.3, 0.4) is 0 Å². The van der Waals surface area contributed by atoms with Crippen molar-refractivity contribution >= 4 is 0 Å². The van der Waals surface area contributed by atoms with Crippen molar-refractivity contribution in [3.8, 4) is 0 Å². The summed E-state index contributed by atoms with van der Waals surface area (Å²) in [7, 11) is 2.20. The summed E-state index contributed by atoms with van der Waals surface area (Å²) in [4.78, 5) is 5.12. The number of piperazine rings is 1. The maximum atomic E-state index is 9.23. The van der Waals surface area contributed by atoms with Crippen LogP contribution in [0.2, 0.25) is 0 Å². The molecule has 1 aliphatic carbocycles. The van der Waals surface area contributed by atoms with E-state index >= 15 is 0 Å². The fraction of sp³-hybridized carbons (Fsp3) is 1.00. The summed E-state index contributed by atoms with van der Waals surface area (Å²) in [5.41, 5.74) is 0. The number of hydrogen-bond acceptors (Lipinski definition) is 3. The topological polar surface area (TPSA) is 26.7 Å². The molecule has 3 nitrogen and oxygen atoms in total. The molecule has 2 aliphatic rings. The summed E-state index contributed by atoms with van der Waals surface area (Å²) in [6, 6.07) is 1.38. The van der Waals surface area contributed by atoms with Gasteiger partial charge in [-0.05, 0) is 26.3 Å². The fourth-order valence-corrected chi connectivity index (χ4v) is 3.50. The zero-order valence-corrected chi connectivity index (χ0v) is 11.3. The molecule has 1 heterocycles. The minimum absolute atomic E-state index is 0.335. The molecule has 0 aromatic rings. The maximum Gasteiger partial charge on any atom is 0.0446 e. The highest BCUT2D eigenvalue weighted by Gasteiger charge is 2.30. The van der Waals surface area contributed by atoms with Gasteiger partial charge in [-0.3, -0.25) is 4.90 Å². The molecule has 0 bridgehead atoms. The Bertz CT molecular complexity index is 212. The van der Waals surface area contributed by atoms with Crippen LogP contribution in [0, 0.1) is 0 Å². The predicted molar refractivity (Wildman–Crippen MR) is 71.2 cm³/mol. The molecule has 17 heavy (non-hydrogen) atoms. The highest BCUT2D eigenvalue weighted by Crippen LogP contribution is 2.25. The normalized spacial score (nSPS) is 30.4. The zero-order chi connectivity index (χ0) is 12.1. The average molecular weight is 240 g/mol. The number of rotatable bonds is 3. The molecule has 100 valence electrons. The SMILES string of the molecule is CN1CCN(C2CCCCCC2)C(CCO)C1. The lowest BCUT2D eigenvalue weighted by molar-refractivity contribution is 0.0332. The number of nitrogens with zero attached hydrogens (tertiary/aromatic N) is 2. The lowest BCUT2D eigenvalue weighted by Gasteiger charge is -2.44. The second-order valence-electron chi connectivity index (χ2n) is 5.81. The number of likely N-dealkylation sites (N-methyl/N-ethyl adjacent to an activating group) is 1. The second-order valence-corrected chi connectivity index (χ2v) is 5.81. The van der Waals surface area contributed by atoms with Crippen molar-refractivity contribution in [2.75, 3.05) is 33.3 Å². The molecule has 0 aromatic carbocycles. The molecular weight excluding hydrogens is 212 g/mol. The van der Waals surface area contributed by atoms with Crippen LogP contribution in [-0.2, 0) is 0 Å². The average Bonchev–Trinajstić information content (AvgIpc) is 2.58. The van der Waals surface area contributed by atoms with Crippen LogP contribution in [0.15, 0.2) is 0 Å². The van der Waals surface area contributed by atoms with Crippen LogP contribution < -0.4 is 0 Å². The van der Waals surface area contributed by atoms with Gasteiger partial charge in [0.05, 0.1) is 0 Å². The van der Waals surface area contributed by atoms with E-state index in [0.717, 1.165) is 19.0 Å². The van der Waals surface area contributed by atoms with Crippen LogP contribution in [0.25, 0.3) is 0 Å². The molecule has 1 atom stereocenters. The van der Waals surface area contributed by atoms with Gasteiger partial charge in [0.25, 0.3) is 0 Å². The van der Waals surface area contributed by atoms with Crippen molar-refractivity contribution in [1.82, 2.24) is 9.80 Å². The van der Waals surface area contributed by atoms with Gasteiger partial charge in [0.2, 0.25) is 0 Å². The van der Waals surface area contributed by atoms with Gasteiger partial charge in [-0.2, -0.15) is 0 Å². The Hall–Kier alpha value is -0.120. The molecule has 0 aromatic heterocycles. The van der Waals surface area contributed by atoms with Gasteiger partial charge >= 0.3 is 0 Å². The van der Waals surface area contributed by atoms with Crippen molar-refractivity contribution in [3.05, 3.63) is 0 Å². The van der Waals surface area contributed by atoms with E-state index in [1.807, 2.05) is 0 Å². The molecule has 1 aliphatic heterocycles. The van der Waals surface area contributed by atoms with Crippen LogP contribution in [0.1, 0.15) is 44.9 Å². The summed E-state index contributed by atoms with van der Waals surface area (Å²) in [5.74, 6) is 0. The first-order chi connectivity index (χ1) is 8.31. The van der Waals surface area contributed by atoms with Crippen molar-refractivity contribution in [2.45, 2.75) is 57.0 Å². The minimum Gasteiger partial charge on any atom is -0.396 e. The van der Waals surface area contributed by atoms with Crippen molar-refractivity contribution in [1.29, 1.82) is 0 Å². The van der Waals surface area contributed by atoms with E-state index in [1.54, 1.807) is 0 Å². The van der Waals surface area contributed by atoms with E-state index in [0.29, 0.717) is 12.6 Å². The van der Waals surface area contributed by atoms with Gasteiger partial charge in [-0.25, -0.2) is 0 Å². The maximum absolute atomic E-state index is 9.23. The summed E-state index contributed by atoms with van der Waals surface area (Å²) >= 11 is 0. The molecule has 1 saturated heterocycles. The molecular formula is C14H28N2O. The molecule has 1 N–H and O–H groups in total. The van der Waals surface area contributed by atoms with E-state index in [1.165, 1.54) is 51.6 Å². The second kappa shape index (κ2) is 6.72. The van der Waals surface area contributed by atoms with Gasteiger partial charge in [0, 0.05) is 38.3 Å². The zero-order valence-electron chi connectivity index (χ0n) is 11.3. The van der Waals surface area contributed by atoms with Crippen molar-refractivity contribution < 1.29 is 5.11 Å². The highest BCUT2D eigenvalue weighted by molar-refractivity contribution is 4.86. The van der Waals surface area contributed by atoms with Gasteiger partial charge in [0.15, 0.2) is 0 Å². The number of aliphatic hydroxyl groups excluding tert-OH is 1. The van der Waals surface area contributed by atoms with Crippen LogP contribution in [-0.4, -0.2) is 60.3 Å². The van der Waals surface area contributed by atoms with Crippen molar-refractivity contribution in [2.24, 2.45) is 0 Å². The van der Waals surface area contributed by atoms with Gasteiger partial charge in [-0.15, -0.1) is 0 Å². The Labute approximate surface area is 106 Å². The summed E-state index contributed by atoms with van der Waals surface area (Å²) in [6.07, 6.45) is 9.37. The van der Waals surface area contributed by atoms with Crippen LogP contribution in [0.4, 0.5) is 0 Å². The standard InChI is InChI=1S/C14H28N2O/c1-15-9-10-16(14(12-15)8-11-17)13-6-4-2-3-5-7-13/h13-14,17H,2-12H2,1H3. The third kappa shape index (κ3) is 3.67. The molecule has 0 spiro atoms. The summed E-state index contributed by atoms with van der Waals surface area (Å²) in [6.45, 7) is 3.86. The summed E-state index contributed by atoms with van der Waals surface area (Å²) < 4.78 is 0. The first-order valence-electron chi connectivity index (χ1n) is 7.36. The molecule has 3 heteroatoms. The first-order valence-corrected chi connectivity index (χ1v) is 7.36.